The minimum atomic E-state index is -3.18. The second kappa shape index (κ2) is 3.37. The molecule has 2 rings (SSSR count). The van der Waals surface area contributed by atoms with Crippen LogP contribution >= 0.6 is 0 Å². The summed E-state index contributed by atoms with van der Waals surface area (Å²) in [6.45, 7) is 3.13. The number of sulfonamides is 1. The Kier molecular flexibility index (Phi) is 2.33. The molecule has 0 aliphatic carbocycles. The first-order valence-corrected chi connectivity index (χ1v) is 6.18. The van der Waals surface area contributed by atoms with E-state index in [4.69, 9.17) is 0 Å². The van der Waals surface area contributed by atoms with Crippen molar-refractivity contribution in [3.63, 3.8) is 0 Å². The van der Waals surface area contributed by atoms with Gasteiger partial charge >= 0.3 is 0 Å². The summed E-state index contributed by atoms with van der Waals surface area (Å²) < 4.78 is 25.3. The summed E-state index contributed by atoms with van der Waals surface area (Å²) in [7, 11) is -3.18. The molecule has 1 aromatic rings. The maximum Gasteiger partial charge on any atom is 0.243 e. The van der Waals surface area contributed by atoms with Crippen molar-refractivity contribution in [2.24, 2.45) is 0 Å². The average molecular weight is 211 g/mol. The molecule has 0 N–H and O–H groups in total. The smallest absolute Gasteiger partial charge is 0.207 e. The van der Waals surface area contributed by atoms with Gasteiger partial charge in [0.15, 0.2) is 0 Å². The van der Waals surface area contributed by atoms with Crippen molar-refractivity contribution in [1.29, 1.82) is 0 Å². The van der Waals surface area contributed by atoms with E-state index in [1.807, 2.05) is 19.1 Å². The lowest BCUT2D eigenvalue weighted by Crippen LogP contribution is -2.24. The quantitative estimate of drug-likeness (QED) is 0.745. The van der Waals surface area contributed by atoms with Crippen LogP contribution in [-0.2, 0) is 16.6 Å². The van der Waals surface area contributed by atoms with E-state index >= 15 is 0 Å². The van der Waals surface area contributed by atoms with Gasteiger partial charge in [-0.2, -0.15) is 4.31 Å². The number of fused-ring (bicyclic) bond motifs is 1. The summed E-state index contributed by atoms with van der Waals surface area (Å²) >= 11 is 0. The zero-order valence-electron chi connectivity index (χ0n) is 8.10. The molecule has 0 spiro atoms. The van der Waals surface area contributed by atoms with E-state index in [0.29, 0.717) is 18.0 Å². The molecule has 0 radical (unpaired) electrons. The topological polar surface area (TPSA) is 37.4 Å². The number of hydrogen-bond donors (Lipinski definition) is 0. The molecule has 4 heteroatoms. The van der Waals surface area contributed by atoms with Gasteiger partial charge in [0.25, 0.3) is 0 Å². The predicted octanol–water partition coefficient (Wildman–Crippen LogP) is 1.60. The van der Waals surface area contributed by atoms with Crippen molar-refractivity contribution >= 4 is 10.0 Å². The Labute approximate surface area is 84.4 Å². The Morgan fingerprint density at radius 1 is 1.36 bits per heavy atom. The van der Waals surface area contributed by atoms with E-state index < -0.39 is 10.0 Å². The highest BCUT2D eigenvalue weighted by molar-refractivity contribution is 7.89. The standard InChI is InChI=1S/C10H13NO2S/c1-2-7-11-8-9-5-3-4-6-10(9)14(11,12)13/h3-6H,2,7-8H2,1H3. The molecule has 0 fully saturated rings. The molecule has 0 unspecified atom stereocenters. The second-order valence-electron chi connectivity index (χ2n) is 3.45. The average Bonchev–Trinajstić information content (AvgIpc) is 2.41. The fourth-order valence-corrected chi connectivity index (χ4v) is 3.47. The molecule has 0 saturated carbocycles. The Hall–Kier alpha value is -0.870. The van der Waals surface area contributed by atoms with Gasteiger partial charge in [-0.25, -0.2) is 8.42 Å². The van der Waals surface area contributed by atoms with Gasteiger partial charge in [-0.15, -0.1) is 0 Å². The number of nitrogens with zero attached hydrogens (tertiary/aromatic N) is 1. The SMILES string of the molecule is CCCN1Cc2ccccc2S1(=O)=O. The number of rotatable bonds is 2. The van der Waals surface area contributed by atoms with Crippen molar-refractivity contribution in [3.05, 3.63) is 29.8 Å². The molecule has 1 aliphatic heterocycles. The number of benzene rings is 1. The van der Waals surface area contributed by atoms with Crippen LogP contribution in [0.25, 0.3) is 0 Å². The van der Waals surface area contributed by atoms with Crippen LogP contribution in [0.2, 0.25) is 0 Å². The van der Waals surface area contributed by atoms with Gasteiger partial charge in [0, 0.05) is 13.1 Å². The van der Waals surface area contributed by atoms with E-state index in [1.165, 1.54) is 4.31 Å². The maximum atomic E-state index is 11.9. The summed E-state index contributed by atoms with van der Waals surface area (Å²) in [6.07, 6.45) is 0.854. The van der Waals surface area contributed by atoms with Crippen LogP contribution < -0.4 is 0 Å². The summed E-state index contributed by atoms with van der Waals surface area (Å²) in [4.78, 5) is 0.480. The summed E-state index contributed by atoms with van der Waals surface area (Å²) in [5, 5.41) is 0. The van der Waals surface area contributed by atoms with Gasteiger partial charge in [-0.1, -0.05) is 25.1 Å². The molecule has 0 amide bonds. The number of hydrogen-bond acceptors (Lipinski definition) is 2. The maximum absolute atomic E-state index is 11.9. The molecule has 76 valence electrons. The molecular weight excluding hydrogens is 198 g/mol. The van der Waals surface area contributed by atoms with Gasteiger partial charge in [0.2, 0.25) is 10.0 Å². The van der Waals surface area contributed by atoms with E-state index in [2.05, 4.69) is 0 Å². The van der Waals surface area contributed by atoms with Gasteiger partial charge in [-0.3, -0.25) is 0 Å². The van der Waals surface area contributed by atoms with Crippen LogP contribution in [0.5, 0.6) is 0 Å². The molecule has 0 bridgehead atoms. The normalized spacial score (nSPS) is 19.5. The zero-order chi connectivity index (χ0) is 10.2. The third-order valence-corrected chi connectivity index (χ3v) is 4.36. The first-order chi connectivity index (χ1) is 6.66. The van der Waals surface area contributed by atoms with E-state index in [1.54, 1.807) is 12.1 Å². The zero-order valence-corrected chi connectivity index (χ0v) is 8.92. The monoisotopic (exact) mass is 211 g/mol. The molecule has 1 aromatic carbocycles. The van der Waals surface area contributed by atoms with Crippen molar-refractivity contribution in [1.82, 2.24) is 4.31 Å². The molecule has 1 heterocycles. The summed E-state index contributed by atoms with van der Waals surface area (Å²) in [6, 6.07) is 7.21. The fraction of sp³-hybridized carbons (Fsp3) is 0.400. The lowest BCUT2D eigenvalue weighted by molar-refractivity contribution is 0.424. The second-order valence-corrected chi connectivity index (χ2v) is 5.35. The lowest BCUT2D eigenvalue weighted by Gasteiger charge is -2.12. The van der Waals surface area contributed by atoms with Gasteiger partial charge in [0.05, 0.1) is 4.90 Å². The third-order valence-electron chi connectivity index (χ3n) is 2.41. The van der Waals surface area contributed by atoms with Gasteiger partial charge < -0.3 is 0 Å². The van der Waals surface area contributed by atoms with Crippen LogP contribution in [0.15, 0.2) is 29.2 Å². The molecule has 3 nitrogen and oxygen atoms in total. The minimum absolute atomic E-state index is 0.480. The van der Waals surface area contributed by atoms with Crippen LogP contribution in [0.4, 0.5) is 0 Å². The molecule has 0 atom stereocenters. The summed E-state index contributed by atoms with van der Waals surface area (Å²) in [5.41, 5.74) is 0.918. The van der Waals surface area contributed by atoms with Crippen molar-refractivity contribution < 1.29 is 8.42 Å². The Morgan fingerprint density at radius 2 is 2.07 bits per heavy atom. The molecule has 0 saturated heterocycles. The third kappa shape index (κ3) is 1.35. The summed E-state index contributed by atoms with van der Waals surface area (Å²) in [5.74, 6) is 0. The largest absolute Gasteiger partial charge is 0.243 e. The van der Waals surface area contributed by atoms with E-state index in [0.717, 1.165) is 12.0 Å². The fourth-order valence-electron chi connectivity index (χ4n) is 1.75. The van der Waals surface area contributed by atoms with Crippen LogP contribution in [0.1, 0.15) is 18.9 Å². The first-order valence-electron chi connectivity index (χ1n) is 4.74. The highest BCUT2D eigenvalue weighted by atomic mass is 32.2. The van der Waals surface area contributed by atoms with Crippen LogP contribution in [0.3, 0.4) is 0 Å². The molecule has 0 aromatic heterocycles. The Morgan fingerprint density at radius 3 is 2.71 bits per heavy atom. The molecule has 1 aliphatic rings. The van der Waals surface area contributed by atoms with Crippen LogP contribution in [-0.4, -0.2) is 19.3 Å². The van der Waals surface area contributed by atoms with Crippen LogP contribution in [0, 0.1) is 0 Å². The Balaban J connectivity index is 2.46. The van der Waals surface area contributed by atoms with E-state index in [-0.39, 0.29) is 0 Å². The first kappa shape index (κ1) is 9.68. The highest BCUT2D eigenvalue weighted by Gasteiger charge is 2.32. The van der Waals surface area contributed by atoms with Gasteiger partial charge in [0.1, 0.15) is 0 Å². The van der Waals surface area contributed by atoms with E-state index in [9.17, 15) is 8.42 Å². The van der Waals surface area contributed by atoms with Gasteiger partial charge in [-0.05, 0) is 18.1 Å². The van der Waals surface area contributed by atoms with Crippen molar-refractivity contribution in [3.8, 4) is 0 Å². The lowest BCUT2D eigenvalue weighted by atomic mass is 10.2. The Bertz CT molecular complexity index is 439. The van der Waals surface area contributed by atoms with Crippen molar-refractivity contribution in [2.75, 3.05) is 6.54 Å². The predicted molar refractivity (Wildman–Crippen MR) is 54.3 cm³/mol. The van der Waals surface area contributed by atoms with Crippen molar-refractivity contribution in [2.45, 2.75) is 24.8 Å². The molecular formula is C10H13NO2S. The molecule has 14 heavy (non-hydrogen) atoms. The minimum Gasteiger partial charge on any atom is -0.207 e. The highest BCUT2D eigenvalue weighted by Crippen LogP contribution is 2.29.